The van der Waals surface area contributed by atoms with E-state index in [2.05, 4.69) is 10.6 Å². The number of rotatable bonds is 8. The van der Waals surface area contributed by atoms with Crippen LogP contribution in [0.5, 0.6) is 0 Å². The maximum absolute atomic E-state index is 10.7. The van der Waals surface area contributed by atoms with Crippen LogP contribution in [0, 0.1) is 0 Å². The summed E-state index contributed by atoms with van der Waals surface area (Å²) >= 11 is 0. The summed E-state index contributed by atoms with van der Waals surface area (Å²) in [7, 11) is 0. The Bertz CT molecular complexity index is 248. The lowest BCUT2D eigenvalue weighted by molar-refractivity contribution is -0.118. The van der Waals surface area contributed by atoms with Crippen molar-refractivity contribution in [3.8, 4) is 0 Å². The maximum atomic E-state index is 10.7. The van der Waals surface area contributed by atoms with Gasteiger partial charge in [0.1, 0.15) is 0 Å². The molecule has 0 bridgehead atoms. The van der Waals surface area contributed by atoms with Crippen molar-refractivity contribution < 1.29 is 10.3 Å². The van der Waals surface area contributed by atoms with Crippen LogP contribution < -0.4 is 16.4 Å². The quantitative estimate of drug-likeness (QED) is 0.467. The first-order valence-electron chi connectivity index (χ1n) is 6.42. The zero-order valence-electron chi connectivity index (χ0n) is 12.0. The summed E-state index contributed by atoms with van der Waals surface area (Å²) in [6.07, 6.45) is 1.09. The van der Waals surface area contributed by atoms with Gasteiger partial charge >= 0.3 is 0 Å². The molecule has 0 aromatic heterocycles. The number of hydrogen-bond donors (Lipinski definition) is 3. The van der Waals surface area contributed by atoms with E-state index in [4.69, 9.17) is 11.2 Å². The molecule has 4 nitrogen and oxygen atoms in total. The molecule has 1 amide bonds. The fraction of sp³-hybridized carbons (Fsp3) is 0.889. The molecule has 0 unspecified atom stereocenters. The molecule has 4 heteroatoms. The van der Waals surface area contributed by atoms with Gasteiger partial charge in [-0.2, -0.15) is 0 Å². The molecule has 0 radical (unpaired) electrons. The minimum atomic E-state index is -2.06. The van der Waals surface area contributed by atoms with Crippen molar-refractivity contribution in [1.82, 2.24) is 10.6 Å². The summed E-state index contributed by atoms with van der Waals surface area (Å²) in [6, 6.07) is 0. The van der Waals surface area contributed by atoms with Crippen molar-refractivity contribution in [3.05, 3.63) is 0 Å². The lowest BCUT2D eigenvalue weighted by Gasteiger charge is -2.04. The van der Waals surface area contributed by atoms with Gasteiger partial charge in [-0.25, -0.2) is 0 Å². The van der Waals surface area contributed by atoms with Gasteiger partial charge in [0.2, 0.25) is 5.91 Å². The first-order valence-corrected chi connectivity index (χ1v) is 4.42. The Morgan fingerprint density at radius 1 is 1.38 bits per heavy atom. The number of unbranched alkanes of at least 4 members (excludes halogenated alkanes) is 1. The average Bonchev–Trinajstić information content (AvgIpc) is 2.08. The zero-order valence-corrected chi connectivity index (χ0v) is 8.02. The van der Waals surface area contributed by atoms with Gasteiger partial charge in [0, 0.05) is 18.9 Å². The lowest BCUT2D eigenvalue weighted by atomic mass is 10.3. The van der Waals surface area contributed by atoms with Crippen LogP contribution in [0.2, 0.25) is 0 Å². The Balaban J connectivity index is 4.09. The average molecular weight is 191 g/mol. The summed E-state index contributed by atoms with van der Waals surface area (Å²) in [4.78, 5) is 10.7. The van der Waals surface area contributed by atoms with Crippen LogP contribution in [0.4, 0.5) is 0 Å². The van der Waals surface area contributed by atoms with Crippen LogP contribution in [0.25, 0.3) is 0 Å². The van der Waals surface area contributed by atoms with Crippen LogP contribution in [0.3, 0.4) is 0 Å². The van der Waals surface area contributed by atoms with Crippen molar-refractivity contribution in [2.45, 2.75) is 26.2 Å². The number of carbonyl (C=O) groups excluding carboxylic acids is 1. The largest absolute Gasteiger partial charge is 0.356 e. The molecule has 0 heterocycles. The monoisotopic (exact) mass is 191 g/mol. The molecule has 0 saturated heterocycles. The van der Waals surface area contributed by atoms with Crippen molar-refractivity contribution in [2.24, 2.45) is 5.73 Å². The Morgan fingerprint density at radius 3 is 2.77 bits per heavy atom. The smallest absolute Gasteiger partial charge is 0.216 e. The van der Waals surface area contributed by atoms with Crippen molar-refractivity contribution in [2.75, 3.05) is 26.1 Å². The predicted octanol–water partition coefficient (Wildman–Crippen LogP) is -0.159. The van der Waals surface area contributed by atoms with Crippen LogP contribution in [0.1, 0.15) is 31.7 Å². The Labute approximate surface area is 85.9 Å². The summed E-state index contributed by atoms with van der Waals surface area (Å²) in [5.74, 6) is -0.520. The molecule has 0 rings (SSSR count). The van der Waals surface area contributed by atoms with Gasteiger partial charge in [0.25, 0.3) is 0 Å². The molecule has 0 spiro atoms. The minimum absolute atomic E-state index is 0.431. The molecule has 0 aromatic rings. The maximum Gasteiger partial charge on any atom is 0.216 e. The highest BCUT2D eigenvalue weighted by molar-refractivity contribution is 5.72. The van der Waals surface area contributed by atoms with E-state index >= 15 is 0 Å². The van der Waals surface area contributed by atoms with Crippen LogP contribution in [-0.2, 0) is 4.79 Å². The first-order chi connectivity index (χ1) is 7.68. The van der Waals surface area contributed by atoms with Gasteiger partial charge in [0.05, 0.1) is 0 Å². The Kier molecular flexibility index (Phi) is 4.95. The number of amides is 1. The molecule has 0 aliphatic carbocycles. The third-order valence-corrected chi connectivity index (χ3v) is 1.32. The summed E-state index contributed by atoms with van der Waals surface area (Å²) < 4.78 is 30.1. The van der Waals surface area contributed by atoms with Gasteiger partial charge in [-0.1, -0.05) is 0 Å². The first kappa shape index (κ1) is 6.79. The zero-order chi connectivity index (χ0) is 13.5. The predicted molar refractivity (Wildman–Crippen MR) is 54.5 cm³/mol. The van der Waals surface area contributed by atoms with E-state index in [1.807, 2.05) is 0 Å². The topological polar surface area (TPSA) is 67.2 Å². The van der Waals surface area contributed by atoms with Crippen molar-refractivity contribution >= 4 is 5.91 Å². The van der Waals surface area contributed by atoms with Crippen molar-refractivity contribution in [3.63, 3.8) is 0 Å². The van der Waals surface area contributed by atoms with E-state index in [9.17, 15) is 4.79 Å². The SMILES string of the molecule is [2H]C([2H])(CC([2H])([2H])NC(C)=O)NCCCCN. The highest BCUT2D eigenvalue weighted by Gasteiger charge is 1.90. The van der Waals surface area contributed by atoms with E-state index < -0.39 is 25.3 Å². The highest BCUT2D eigenvalue weighted by Crippen LogP contribution is 1.82. The number of hydrogen-bond acceptors (Lipinski definition) is 3. The number of nitrogens with one attached hydrogen (secondary N) is 2. The van der Waals surface area contributed by atoms with E-state index in [-0.39, 0.29) is 0 Å². The van der Waals surface area contributed by atoms with Gasteiger partial charge < -0.3 is 16.4 Å². The highest BCUT2D eigenvalue weighted by atomic mass is 16.1. The second-order valence-electron chi connectivity index (χ2n) is 2.63. The van der Waals surface area contributed by atoms with E-state index in [1.54, 1.807) is 0 Å². The number of carbonyl (C=O) groups is 1. The molecule has 4 N–H and O–H groups in total. The molecule has 0 aromatic carbocycles. The summed E-state index contributed by atoms with van der Waals surface area (Å²) in [6.45, 7) is -1.74. The molecule has 0 atom stereocenters. The molecule has 78 valence electrons. The Morgan fingerprint density at radius 2 is 2.15 bits per heavy atom. The summed E-state index contributed by atoms with van der Waals surface area (Å²) in [5, 5.41) is 4.68. The third kappa shape index (κ3) is 11.4. The van der Waals surface area contributed by atoms with Crippen LogP contribution in [0.15, 0.2) is 0 Å². The van der Waals surface area contributed by atoms with E-state index in [1.165, 1.54) is 6.92 Å². The normalized spacial score (nSPS) is 16.8. The van der Waals surface area contributed by atoms with Gasteiger partial charge in [-0.3, -0.25) is 4.79 Å². The molecule has 0 aliphatic heterocycles. The molecular weight excluding hydrogens is 166 g/mol. The number of nitrogens with two attached hydrogens (primary N) is 1. The molecule has 0 aliphatic rings. The fourth-order valence-corrected chi connectivity index (χ4v) is 0.721. The molecule has 0 saturated carbocycles. The fourth-order valence-electron chi connectivity index (χ4n) is 0.721. The van der Waals surface area contributed by atoms with Gasteiger partial charge in [-0.05, 0) is 38.8 Å². The minimum Gasteiger partial charge on any atom is -0.356 e. The standard InChI is InChI=1S/C9H21N3O/c1-9(13)12-8-4-7-11-6-3-2-5-10/h11H,2-8,10H2,1H3,(H,12,13)/i7D2,8D2. The van der Waals surface area contributed by atoms with Crippen molar-refractivity contribution in [1.29, 1.82) is 0 Å². The molecule has 13 heavy (non-hydrogen) atoms. The second kappa shape index (κ2) is 9.48. The van der Waals surface area contributed by atoms with E-state index in [0.29, 0.717) is 13.1 Å². The molecular formula is C9H21N3O. The second-order valence-corrected chi connectivity index (χ2v) is 2.63. The van der Waals surface area contributed by atoms with Gasteiger partial charge in [0.15, 0.2) is 0 Å². The van der Waals surface area contributed by atoms with Crippen LogP contribution in [-0.4, -0.2) is 32.0 Å². The van der Waals surface area contributed by atoms with E-state index in [0.717, 1.165) is 12.8 Å². The summed E-state index contributed by atoms with van der Waals surface area (Å²) in [5.41, 5.74) is 5.31. The van der Waals surface area contributed by atoms with Crippen LogP contribution >= 0.6 is 0 Å². The third-order valence-electron chi connectivity index (χ3n) is 1.32. The molecule has 0 fully saturated rings. The Hall–Kier alpha value is -0.610. The van der Waals surface area contributed by atoms with Gasteiger partial charge in [-0.15, -0.1) is 0 Å². The lowest BCUT2D eigenvalue weighted by Crippen LogP contribution is -2.25.